The fourth-order valence-electron chi connectivity index (χ4n) is 4.45. The standard InChI is InChI=1S/C22H33FN9O6P/c1-11(2)37-21(33)12(3)29-39(7,34)36-9-14-22(5,8-15-27-30-31-28-15)17(23)20(38-14)32-10-24-16-18(32)25-13(4)26-19(16)35-6/h10-12,14,17,20H,8-9H2,1-7H3,(H,29,34)(H,27,28,30,31)/t12-,14+,17?,20+,22-,39?/m0/s1. The third kappa shape index (κ3) is 6.08. The number of esters is 1. The predicted octanol–water partition coefficient (Wildman–Crippen LogP) is 1.91. The highest BCUT2D eigenvalue weighted by atomic mass is 31.2. The first kappa shape index (κ1) is 28.9. The van der Waals surface area contributed by atoms with Crippen molar-refractivity contribution >= 4 is 24.7 Å². The monoisotopic (exact) mass is 569 g/mol. The first-order chi connectivity index (χ1) is 18.3. The summed E-state index contributed by atoms with van der Waals surface area (Å²) in [5.74, 6) is 0.361. The lowest BCUT2D eigenvalue weighted by atomic mass is 9.78. The Kier molecular flexibility index (Phi) is 8.30. The minimum absolute atomic E-state index is 0.0394. The average molecular weight is 570 g/mol. The van der Waals surface area contributed by atoms with E-state index in [-0.39, 0.29) is 30.8 Å². The van der Waals surface area contributed by atoms with Gasteiger partial charge in [0.15, 0.2) is 29.4 Å². The molecule has 214 valence electrons. The number of rotatable bonds is 11. The summed E-state index contributed by atoms with van der Waals surface area (Å²) >= 11 is 0. The van der Waals surface area contributed by atoms with Gasteiger partial charge in [0.05, 0.1) is 32.3 Å². The van der Waals surface area contributed by atoms with Crippen molar-refractivity contribution in [3.63, 3.8) is 0 Å². The molecular weight excluding hydrogens is 536 g/mol. The van der Waals surface area contributed by atoms with Crippen LogP contribution in [0.2, 0.25) is 0 Å². The second kappa shape index (κ2) is 11.2. The molecule has 15 nitrogen and oxygen atoms in total. The lowest BCUT2D eigenvalue weighted by Crippen LogP contribution is -2.41. The van der Waals surface area contributed by atoms with E-state index in [9.17, 15) is 9.36 Å². The van der Waals surface area contributed by atoms with Gasteiger partial charge in [-0.1, -0.05) is 12.1 Å². The molecule has 0 aromatic carbocycles. The highest BCUT2D eigenvalue weighted by Gasteiger charge is 2.56. The number of nitrogens with zero attached hydrogens (tertiary/aromatic N) is 7. The Morgan fingerprint density at radius 1 is 1.36 bits per heavy atom. The Morgan fingerprint density at radius 3 is 2.74 bits per heavy atom. The molecule has 3 aromatic heterocycles. The van der Waals surface area contributed by atoms with E-state index in [1.807, 2.05) is 0 Å². The SMILES string of the molecule is COc1nc(C)nc2c1ncn2[C@@H]1O[C@H](COP(C)(=O)N[C@@H](C)C(=O)OC(C)C)[C@](C)(Cc2nn[nH]n2)C1F. The minimum Gasteiger partial charge on any atom is -0.479 e. The summed E-state index contributed by atoms with van der Waals surface area (Å²) in [5.41, 5.74) is -0.557. The van der Waals surface area contributed by atoms with Crippen LogP contribution in [0, 0.1) is 12.3 Å². The number of nitrogens with one attached hydrogen (secondary N) is 2. The summed E-state index contributed by atoms with van der Waals surface area (Å²) in [7, 11) is -2.08. The number of carbonyl (C=O) groups excluding carboxylic acids is 1. The number of methoxy groups -OCH3 is 1. The van der Waals surface area contributed by atoms with Crippen LogP contribution in [-0.2, 0) is 29.8 Å². The van der Waals surface area contributed by atoms with Gasteiger partial charge in [0.2, 0.25) is 5.88 Å². The summed E-state index contributed by atoms with van der Waals surface area (Å²) in [6.07, 6.45) is -2.58. The molecule has 2 unspecified atom stereocenters. The lowest BCUT2D eigenvalue weighted by molar-refractivity contribution is -0.149. The Hall–Kier alpha value is -3.07. The largest absolute Gasteiger partial charge is 0.479 e. The van der Waals surface area contributed by atoms with Gasteiger partial charge in [0.1, 0.15) is 11.9 Å². The molecule has 39 heavy (non-hydrogen) atoms. The maximum atomic E-state index is 16.4. The summed E-state index contributed by atoms with van der Waals surface area (Å²) in [5, 5.41) is 16.5. The molecule has 0 saturated carbocycles. The number of carbonyl (C=O) groups is 1. The van der Waals surface area contributed by atoms with Crippen molar-refractivity contribution in [3.8, 4) is 5.88 Å². The Balaban J connectivity index is 1.59. The second-order valence-corrected chi connectivity index (χ2v) is 12.2. The van der Waals surface area contributed by atoms with Crippen molar-refractivity contribution in [2.24, 2.45) is 5.41 Å². The first-order valence-corrected chi connectivity index (χ1v) is 14.4. The fraction of sp³-hybridized carbons (Fsp3) is 0.682. The third-order valence-corrected chi connectivity index (χ3v) is 7.92. The highest BCUT2D eigenvalue weighted by Crippen LogP contribution is 2.50. The van der Waals surface area contributed by atoms with Gasteiger partial charge in [0, 0.05) is 18.5 Å². The number of aromatic amines is 1. The molecular formula is C22H33FN9O6P. The van der Waals surface area contributed by atoms with Gasteiger partial charge < -0.3 is 18.7 Å². The number of imidazole rings is 1. The Morgan fingerprint density at radius 2 is 2.10 bits per heavy atom. The molecule has 2 N–H and O–H groups in total. The fourth-order valence-corrected chi connectivity index (χ4v) is 5.75. The summed E-state index contributed by atoms with van der Waals surface area (Å²) in [6.45, 7) is 9.36. The number of H-pyrrole nitrogens is 1. The van der Waals surface area contributed by atoms with Crippen LogP contribution >= 0.6 is 7.52 Å². The van der Waals surface area contributed by atoms with Crippen molar-refractivity contribution in [3.05, 3.63) is 18.0 Å². The van der Waals surface area contributed by atoms with Crippen molar-refractivity contribution in [1.29, 1.82) is 0 Å². The Labute approximate surface area is 224 Å². The van der Waals surface area contributed by atoms with Crippen LogP contribution < -0.4 is 9.82 Å². The molecule has 1 fully saturated rings. The third-order valence-electron chi connectivity index (χ3n) is 6.42. The topological polar surface area (TPSA) is 181 Å². The molecule has 0 bridgehead atoms. The maximum Gasteiger partial charge on any atom is 0.323 e. The smallest absolute Gasteiger partial charge is 0.323 e. The van der Waals surface area contributed by atoms with Crippen molar-refractivity contribution < 1.29 is 32.5 Å². The zero-order valence-electron chi connectivity index (χ0n) is 22.8. The number of hydrogen-bond acceptors (Lipinski definition) is 12. The number of hydrogen-bond donors (Lipinski definition) is 2. The van der Waals surface area contributed by atoms with Gasteiger partial charge in [-0.2, -0.15) is 10.2 Å². The lowest BCUT2D eigenvalue weighted by Gasteiger charge is -2.31. The van der Waals surface area contributed by atoms with Gasteiger partial charge in [-0.15, -0.1) is 10.2 Å². The number of aryl methyl sites for hydroxylation is 1. The number of ether oxygens (including phenoxy) is 3. The van der Waals surface area contributed by atoms with Crippen molar-refractivity contribution in [2.75, 3.05) is 20.4 Å². The van der Waals surface area contributed by atoms with E-state index in [1.165, 1.54) is 31.6 Å². The van der Waals surface area contributed by atoms with Crippen LogP contribution in [0.5, 0.6) is 5.88 Å². The summed E-state index contributed by atoms with van der Waals surface area (Å²) in [6, 6.07) is -0.893. The molecule has 0 radical (unpaired) electrons. The zero-order valence-corrected chi connectivity index (χ0v) is 23.7. The molecule has 6 atom stereocenters. The molecule has 1 aliphatic rings. The first-order valence-electron chi connectivity index (χ1n) is 12.3. The molecule has 0 aliphatic carbocycles. The quantitative estimate of drug-likeness (QED) is 0.253. The maximum absolute atomic E-state index is 16.4. The van der Waals surface area contributed by atoms with Gasteiger partial charge in [-0.05, 0) is 27.7 Å². The normalized spacial score (nSPS) is 25.6. The van der Waals surface area contributed by atoms with Crippen LogP contribution in [0.1, 0.15) is 45.6 Å². The molecule has 4 heterocycles. The van der Waals surface area contributed by atoms with Crippen LogP contribution in [0.15, 0.2) is 6.33 Å². The van der Waals surface area contributed by atoms with Crippen LogP contribution in [0.3, 0.4) is 0 Å². The number of tetrazole rings is 1. The van der Waals surface area contributed by atoms with E-state index in [0.717, 1.165) is 0 Å². The molecule has 3 aromatic rings. The number of fused-ring (bicyclic) bond motifs is 1. The Bertz CT molecular complexity index is 1360. The highest BCUT2D eigenvalue weighted by molar-refractivity contribution is 7.56. The summed E-state index contributed by atoms with van der Waals surface area (Å²) in [4.78, 5) is 25.1. The average Bonchev–Trinajstić information content (AvgIpc) is 3.57. The molecule has 17 heteroatoms. The van der Waals surface area contributed by atoms with Gasteiger partial charge in [0.25, 0.3) is 7.52 Å². The van der Waals surface area contributed by atoms with E-state index < -0.39 is 43.4 Å². The van der Waals surface area contributed by atoms with E-state index >= 15 is 4.39 Å². The summed E-state index contributed by atoms with van der Waals surface area (Å²) < 4.78 is 53.4. The molecule has 0 spiro atoms. The number of aromatic nitrogens is 8. The van der Waals surface area contributed by atoms with Crippen molar-refractivity contribution in [2.45, 2.75) is 71.7 Å². The zero-order chi connectivity index (χ0) is 28.5. The van der Waals surface area contributed by atoms with E-state index in [0.29, 0.717) is 17.0 Å². The molecule has 4 rings (SSSR count). The van der Waals surface area contributed by atoms with Crippen molar-refractivity contribution in [1.82, 2.24) is 45.2 Å². The van der Waals surface area contributed by atoms with Crippen LogP contribution in [0.25, 0.3) is 11.2 Å². The van der Waals surface area contributed by atoms with Crippen LogP contribution in [0.4, 0.5) is 4.39 Å². The van der Waals surface area contributed by atoms with E-state index in [2.05, 4.69) is 40.7 Å². The van der Waals surface area contributed by atoms with Gasteiger partial charge in [-0.25, -0.2) is 19.4 Å². The van der Waals surface area contributed by atoms with Gasteiger partial charge in [-0.3, -0.25) is 13.9 Å². The van der Waals surface area contributed by atoms with E-state index in [1.54, 1.807) is 27.7 Å². The second-order valence-electron chi connectivity index (χ2n) is 10.0. The van der Waals surface area contributed by atoms with E-state index in [4.69, 9.17) is 18.7 Å². The predicted molar refractivity (Wildman–Crippen MR) is 135 cm³/mol. The number of alkyl halides is 1. The minimum atomic E-state index is -3.54. The molecule has 1 aliphatic heterocycles. The van der Waals surface area contributed by atoms with Gasteiger partial charge >= 0.3 is 5.97 Å². The molecule has 1 saturated heterocycles. The number of halogens is 1. The molecule has 0 amide bonds. The van der Waals surface area contributed by atoms with Crippen LogP contribution in [-0.4, -0.2) is 90.9 Å².